The molecule has 0 aliphatic carbocycles. The predicted octanol–water partition coefficient (Wildman–Crippen LogP) is 3.58. The van der Waals surface area contributed by atoms with Gasteiger partial charge in [-0.2, -0.15) is 9.97 Å². The number of rotatable bonds is 8. The first-order valence-corrected chi connectivity index (χ1v) is 7.42. The van der Waals surface area contributed by atoms with Gasteiger partial charge in [-0.05, 0) is 38.1 Å². The molecule has 0 saturated heterocycles. The first-order valence-electron chi connectivity index (χ1n) is 7.04. The number of halogens is 3. The molecule has 0 aliphatic rings. The molecule has 2 aromatic rings. The van der Waals surface area contributed by atoms with Crippen molar-refractivity contribution < 1.29 is 23.0 Å². The van der Waals surface area contributed by atoms with Crippen LogP contribution in [0, 0.1) is 0 Å². The Labute approximate surface area is 141 Å². The van der Waals surface area contributed by atoms with E-state index in [0.717, 1.165) is 0 Å². The van der Waals surface area contributed by atoms with Gasteiger partial charge in [0.2, 0.25) is 5.95 Å². The van der Waals surface area contributed by atoms with Crippen molar-refractivity contribution in [1.29, 1.82) is 0 Å². The summed E-state index contributed by atoms with van der Waals surface area (Å²) in [4.78, 5) is 12.1. The van der Waals surface area contributed by atoms with Gasteiger partial charge < -0.3 is 19.5 Å². The van der Waals surface area contributed by atoms with Crippen LogP contribution in [0.4, 0.5) is 20.4 Å². The maximum Gasteiger partial charge on any atom is 0.487 e. The van der Waals surface area contributed by atoms with E-state index in [1.807, 2.05) is 0 Å². The molecule has 0 aliphatic heterocycles. The highest BCUT2D eigenvalue weighted by Crippen LogP contribution is 2.26. The van der Waals surface area contributed by atoms with Gasteiger partial charge in [-0.25, -0.2) is 0 Å². The quantitative estimate of drug-likeness (QED) is 0.721. The van der Waals surface area contributed by atoms with Crippen LogP contribution in [-0.2, 0) is 0 Å². The Morgan fingerprint density at radius 3 is 2.00 bits per heavy atom. The molecule has 0 fully saturated rings. The van der Waals surface area contributed by atoms with Crippen molar-refractivity contribution in [3.8, 4) is 17.8 Å². The van der Waals surface area contributed by atoms with E-state index in [2.05, 4.69) is 25.0 Å². The van der Waals surface area contributed by atoms with E-state index >= 15 is 0 Å². The normalized spacial score (nSPS) is 11.0. The summed E-state index contributed by atoms with van der Waals surface area (Å²) < 4.78 is 39.8. The molecule has 0 amide bonds. The van der Waals surface area contributed by atoms with Crippen LogP contribution in [0.1, 0.15) is 13.8 Å². The molecular formula is C14H15ClF2N4O3. The molecule has 10 heteroatoms. The number of nitrogens with zero attached hydrogens (tertiary/aromatic N) is 3. The zero-order valence-electron chi connectivity index (χ0n) is 12.9. The van der Waals surface area contributed by atoms with Crippen molar-refractivity contribution in [1.82, 2.24) is 15.0 Å². The molecule has 2 rings (SSSR count). The number of anilines is 2. The first-order chi connectivity index (χ1) is 11.4. The standard InChI is InChI=1S/C14H15ClF2N4O3/c1-3-22-12-19-11(20-13(21-12)23-4-2)18-9-5-7-10(8-6-9)24-14(15,16)17/h5-8H,3-4H2,1-2H3,(H,18,19,20,21). The average molecular weight is 361 g/mol. The van der Waals surface area contributed by atoms with Gasteiger partial charge in [0, 0.05) is 17.3 Å². The third-order valence-corrected chi connectivity index (χ3v) is 2.56. The van der Waals surface area contributed by atoms with Gasteiger partial charge in [0.25, 0.3) is 0 Å². The molecule has 1 N–H and O–H groups in total. The van der Waals surface area contributed by atoms with E-state index in [9.17, 15) is 8.78 Å². The predicted molar refractivity (Wildman–Crippen MR) is 83.3 cm³/mol. The second kappa shape index (κ2) is 7.91. The van der Waals surface area contributed by atoms with E-state index in [1.54, 1.807) is 13.8 Å². The van der Waals surface area contributed by atoms with Crippen molar-refractivity contribution in [3.05, 3.63) is 24.3 Å². The molecule has 0 atom stereocenters. The Bertz CT molecular complexity index is 644. The molecule has 0 bridgehead atoms. The Morgan fingerprint density at radius 2 is 1.54 bits per heavy atom. The average Bonchev–Trinajstić information content (AvgIpc) is 2.48. The zero-order valence-corrected chi connectivity index (χ0v) is 13.7. The number of hydrogen-bond donors (Lipinski definition) is 1. The Balaban J connectivity index is 2.14. The Kier molecular flexibility index (Phi) is 5.91. The highest BCUT2D eigenvalue weighted by atomic mass is 35.5. The second-order valence-electron chi connectivity index (χ2n) is 4.29. The van der Waals surface area contributed by atoms with E-state index in [1.165, 1.54) is 24.3 Å². The molecular weight excluding hydrogens is 346 g/mol. The second-order valence-corrected chi connectivity index (χ2v) is 4.73. The van der Waals surface area contributed by atoms with E-state index in [-0.39, 0.29) is 23.7 Å². The number of alkyl halides is 3. The minimum atomic E-state index is -3.76. The number of nitrogens with one attached hydrogen (secondary N) is 1. The lowest BCUT2D eigenvalue weighted by molar-refractivity contribution is -0.0964. The van der Waals surface area contributed by atoms with E-state index < -0.39 is 5.57 Å². The van der Waals surface area contributed by atoms with Gasteiger partial charge in [0.1, 0.15) is 5.75 Å². The smallest absolute Gasteiger partial charge is 0.464 e. The van der Waals surface area contributed by atoms with Crippen LogP contribution in [0.25, 0.3) is 0 Å². The maximum atomic E-state index is 12.6. The first kappa shape index (κ1) is 17.9. The summed E-state index contributed by atoms with van der Waals surface area (Å²) >= 11 is 4.71. The number of ether oxygens (including phenoxy) is 3. The van der Waals surface area contributed by atoms with Crippen molar-refractivity contribution in [2.75, 3.05) is 18.5 Å². The molecule has 0 unspecified atom stereocenters. The molecule has 7 nitrogen and oxygen atoms in total. The minimum absolute atomic E-state index is 0.0822. The third kappa shape index (κ3) is 5.65. The summed E-state index contributed by atoms with van der Waals surface area (Å²) in [5, 5.41) is 2.89. The lowest BCUT2D eigenvalue weighted by atomic mass is 10.3. The molecule has 1 aromatic carbocycles. The maximum absolute atomic E-state index is 12.6. The molecule has 130 valence electrons. The molecule has 1 aromatic heterocycles. The van der Waals surface area contributed by atoms with Crippen molar-refractivity contribution in [2.45, 2.75) is 19.4 Å². The summed E-state index contributed by atoms with van der Waals surface area (Å²) in [6.07, 6.45) is 0. The Morgan fingerprint density at radius 1 is 1.00 bits per heavy atom. The molecule has 24 heavy (non-hydrogen) atoms. The van der Waals surface area contributed by atoms with Crippen LogP contribution in [0.15, 0.2) is 24.3 Å². The summed E-state index contributed by atoms with van der Waals surface area (Å²) in [7, 11) is 0. The lowest BCUT2D eigenvalue weighted by Gasteiger charge is -2.11. The van der Waals surface area contributed by atoms with Crippen molar-refractivity contribution in [2.24, 2.45) is 0 Å². The van der Waals surface area contributed by atoms with Crippen molar-refractivity contribution in [3.63, 3.8) is 0 Å². The van der Waals surface area contributed by atoms with E-state index in [4.69, 9.17) is 21.1 Å². The SMILES string of the molecule is CCOc1nc(Nc2ccc(OC(F)(F)Cl)cc2)nc(OCC)n1. The minimum Gasteiger partial charge on any atom is -0.464 e. The largest absolute Gasteiger partial charge is 0.487 e. The lowest BCUT2D eigenvalue weighted by Crippen LogP contribution is -2.15. The number of benzene rings is 1. The fraction of sp³-hybridized carbons (Fsp3) is 0.357. The topological polar surface area (TPSA) is 78.4 Å². The Hall–Kier alpha value is -2.42. The fourth-order valence-corrected chi connectivity index (χ4v) is 1.74. The third-order valence-electron chi connectivity index (χ3n) is 2.49. The van der Waals surface area contributed by atoms with Crippen molar-refractivity contribution >= 4 is 23.2 Å². The highest BCUT2D eigenvalue weighted by Gasteiger charge is 2.27. The van der Waals surface area contributed by atoms with Crippen LogP contribution in [-0.4, -0.2) is 33.7 Å². The molecule has 0 spiro atoms. The molecule has 0 saturated carbocycles. The summed E-state index contributed by atoms with van der Waals surface area (Å²) in [6, 6.07) is 5.88. The van der Waals surface area contributed by atoms with Crippen LogP contribution < -0.4 is 19.5 Å². The van der Waals surface area contributed by atoms with Gasteiger partial charge in [-0.1, -0.05) is 0 Å². The van der Waals surface area contributed by atoms with Gasteiger partial charge in [0.05, 0.1) is 13.2 Å². The fourth-order valence-electron chi connectivity index (χ4n) is 1.65. The molecule has 1 heterocycles. The zero-order chi connectivity index (χ0) is 17.6. The summed E-state index contributed by atoms with van der Waals surface area (Å²) in [6.45, 7) is 4.35. The van der Waals surface area contributed by atoms with E-state index in [0.29, 0.717) is 18.9 Å². The van der Waals surface area contributed by atoms with Gasteiger partial charge >= 0.3 is 17.6 Å². The number of aromatic nitrogens is 3. The van der Waals surface area contributed by atoms with Gasteiger partial charge in [-0.3, -0.25) is 0 Å². The summed E-state index contributed by atoms with van der Waals surface area (Å²) in [5.74, 6) is 0.106. The van der Waals surface area contributed by atoms with Crippen LogP contribution in [0.2, 0.25) is 0 Å². The number of hydrogen-bond acceptors (Lipinski definition) is 7. The van der Waals surface area contributed by atoms with Crippen LogP contribution >= 0.6 is 11.6 Å². The highest BCUT2D eigenvalue weighted by molar-refractivity contribution is 6.20. The van der Waals surface area contributed by atoms with Crippen LogP contribution in [0.3, 0.4) is 0 Å². The van der Waals surface area contributed by atoms with Gasteiger partial charge in [0.15, 0.2) is 0 Å². The molecule has 0 radical (unpaired) electrons. The monoisotopic (exact) mass is 360 g/mol. The van der Waals surface area contributed by atoms with Gasteiger partial charge in [-0.15, -0.1) is 13.8 Å². The van der Waals surface area contributed by atoms with Crippen LogP contribution in [0.5, 0.6) is 17.8 Å². The summed E-state index contributed by atoms with van der Waals surface area (Å²) in [5.41, 5.74) is -3.22.